The van der Waals surface area contributed by atoms with Crippen LogP contribution < -0.4 is 5.73 Å². The minimum atomic E-state index is 0. The topological polar surface area (TPSA) is 38.9 Å². The van der Waals surface area contributed by atoms with E-state index >= 15 is 0 Å². The first-order valence-corrected chi connectivity index (χ1v) is 4.45. The summed E-state index contributed by atoms with van der Waals surface area (Å²) in [4.78, 5) is 4.48. The van der Waals surface area contributed by atoms with Crippen molar-refractivity contribution in [3.8, 4) is 0 Å². The number of para-hydroxylation sites is 1. The smallest absolute Gasteiger partial charge is 0.0705 e. The van der Waals surface area contributed by atoms with Crippen LogP contribution in [-0.4, -0.2) is 11.5 Å². The second kappa shape index (κ2) is 4.94. The van der Waals surface area contributed by atoms with Gasteiger partial charge < -0.3 is 5.73 Å². The van der Waals surface area contributed by atoms with Crippen LogP contribution in [0, 0.1) is 0 Å². The van der Waals surface area contributed by atoms with Crippen molar-refractivity contribution in [3.05, 3.63) is 42.1 Å². The van der Waals surface area contributed by atoms with Gasteiger partial charge in [-0.1, -0.05) is 24.3 Å². The molecule has 0 aliphatic heterocycles. The number of hydrogen-bond donors (Lipinski definition) is 1. The standard InChI is InChI=1S/C11H12N2.ClH/c12-8-7-10-6-5-9-3-1-2-4-11(9)13-10;/h1-6H,7-8,12H2;1H. The van der Waals surface area contributed by atoms with Crippen molar-refractivity contribution in [3.63, 3.8) is 0 Å². The third-order valence-electron chi connectivity index (χ3n) is 2.06. The molecule has 0 aliphatic rings. The molecule has 0 spiro atoms. The Balaban J connectivity index is 0.000000980. The van der Waals surface area contributed by atoms with Crippen LogP contribution in [0.5, 0.6) is 0 Å². The minimum Gasteiger partial charge on any atom is -0.330 e. The summed E-state index contributed by atoms with van der Waals surface area (Å²) < 4.78 is 0. The monoisotopic (exact) mass is 208 g/mol. The Morgan fingerprint density at radius 2 is 1.86 bits per heavy atom. The second-order valence-electron chi connectivity index (χ2n) is 3.03. The third-order valence-corrected chi connectivity index (χ3v) is 2.06. The Labute approximate surface area is 89.6 Å². The molecule has 3 heteroatoms. The number of benzene rings is 1. The number of fused-ring (bicyclic) bond motifs is 1. The Morgan fingerprint density at radius 1 is 1.07 bits per heavy atom. The summed E-state index contributed by atoms with van der Waals surface area (Å²) in [6.07, 6.45) is 0.852. The number of nitrogens with two attached hydrogens (primary N) is 1. The summed E-state index contributed by atoms with van der Waals surface area (Å²) >= 11 is 0. The van der Waals surface area contributed by atoms with E-state index in [1.165, 1.54) is 5.39 Å². The average Bonchev–Trinajstić information content (AvgIpc) is 2.18. The molecule has 0 amide bonds. The van der Waals surface area contributed by atoms with Crippen LogP contribution in [0.3, 0.4) is 0 Å². The van der Waals surface area contributed by atoms with E-state index in [1.54, 1.807) is 0 Å². The van der Waals surface area contributed by atoms with Crippen molar-refractivity contribution in [1.29, 1.82) is 0 Å². The molecule has 0 aliphatic carbocycles. The molecule has 0 radical (unpaired) electrons. The molecule has 1 heterocycles. The number of nitrogens with zero attached hydrogens (tertiary/aromatic N) is 1. The van der Waals surface area contributed by atoms with E-state index in [1.807, 2.05) is 24.3 Å². The van der Waals surface area contributed by atoms with E-state index < -0.39 is 0 Å². The van der Waals surface area contributed by atoms with Gasteiger partial charge in [-0.2, -0.15) is 0 Å². The van der Waals surface area contributed by atoms with Gasteiger partial charge >= 0.3 is 0 Å². The number of rotatable bonds is 2. The number of pyridine rings is 1. The van der Waals surface area contributed by atoms with Gasteiger partial charge in [0, 0.05) is 17.5 Å². The molecular weight excluding hydrogens is 196 g/mol. The van der Waals surface area contributed by atoms with Crippen molar-refractivity contribution < 1.29 is 0 Å². The Kier molecular flexibility index (Phi) is 3.86. The van der Waals surface area contributed by atoms with E-state index in [4.69, 9.17) is 5.73 Å². The number of aromatic nitrogens is 1. The lowest BCUT2D eigenvalue weighted by atomic mass is 10.2. The number of halogens is 1. The van der Waals surface area contributed by atoms with Crippen molar-refractivity contribution in [2.75, 3.05) is 6.54 Å². The SMILES string of the molecule is Cl.NCCc1ccc2ccccc2n1. The van der Waals surface area contributed by atoms with Gasteiger partial charge in [0.05, 0.1) is 5.52 Å². The molecule has 74 valence electrons. The zero-order chi connectivity index (χ0) is 9.10. The predicted octanol–water partition coefficient (Wildman–Crippen LogP) is 2.16. The molecule has 2 N–H and O–H groups in total. The van der Waals surface area contributed by atoms with Gasteiger partial charge in [-0.3, -0.25) is 4.98 Å². The molecule has 0 bridgehead atoms. The maximum atomic E-state index is 5.46. The van der Waals surface area contributed by atoms with Gasteiger partial charge in [-0.25, -0.2) is 0 Å². The normalized spacial score (nSPS) is 9.79. The van der Waals surface area contributed by atoms with Gasteiger partial charge in [0.1, 0.15) is 0 Å². The fourth-order valence-corrected chi connectivity index (χ4v) is 1.40. The highest BCUT2D eigenvalue weighted by atomic mass is 35.5. The van der Waals surface area contributed by atoms with E-state index in [9.17, 15) is 0 Å². The molecule has 0 saturated carbocycles. The van der Waals surface area contributed by atoms with E-state index in [0.717, 1.165) is 17.6 Å². The molecule has 0 saturated heterocycles. The molecule has 0 atom stereocenters. The molecule has 2 rings (SSSR count). The third kappa shape index (κ3) is 2.22. The van der Waals surface area contributed by atoms with Crippen molar-refractivity contribution >= 4 is 23.3 Å². The lowest BCUT2D eigenvalue weighted by Gasteiger charge is -2.00. The zero-order valence-electron chi connectivity index (χ0n) is 7.81. The molecule has 2 nitrogen and oxygen atoms in total. The van der Waals surface area contributed by atoms with Gasteiger partial charge in [-0.05, 0) is 18.7 Å². The fourth-order valence-electron chi connectivity index (χ4n) is 1.40. The van der Waals surface area contributed by atoms with Crippen LogP contribution in [0.25, 0.3) is 10.9 Å². The van der Waals surface area contributed by atoms with Crippen molar-refractivity contribution in [2.24, 2.45) is 5.73 Å². The zero-order valence-corrected chi connectivity index (χ0v) is 8.63. The van der Waals surface area contributed by atoms with Crippen LogP contribution in [0.1, 0.15) is 5.69 Å². The molecule has 0 fully saturated rings. The summed E-state index contributed by atoms with van der Waals surface area (Å²) in [6.45, 7) is 0.658. The first-order chi connectivity index (χ1) is 6.40. The van der Waals surface area contributed by atoms with E-state index in [2.05, 4.69) is 17.1 Å². The fraction of sp³-hybridized carbons (Fsp3) is 0.182. The largest absolute Gasteiger partial charge is 0.330 e. The molecule has 1 aromatic heterocycles. The molecule has 2 aromatic rings. The first kappa shape index (κ1) is 11.0. The van der Waals surface area contributed by atoms with Crippen LogP contribution in [0.4, 0.5) is 0 Å². The highest BCUT2D eigenvalue weighted by molar-refractivity contribution is 5.85. The summed E-state index contributed by atoms with van der Waals surface area (Å²) in [5.41, 5.74) is 7.58. The maximum Gasteiger partial charge on any atom is 0.0705 e. The highest BCUT2D eigenvalue weighted by Crippen LogP contribution is 2.11. The summed E-state index contributed by atoms with van der Waals surface area (Å²) in [5, 5.41) is 1.18. The minimum absolute atomic E-state index is 0. The van der Waals surface area contributed by atoms with Crippen LogP contribution in [0.15, 0.2) is 36.4 Å². The Hall–Kier alpha value is -1.12. The van der Waals surface area contributed by atoms with Crippen LogP contribution in [-0.2, 0) is 6.42 Å². The lowest BCUT2D eigenvalue weighted by molar-refractivity contribution is 0.932. The number of hydrogen-bond acceptors (Lipinski definition) is 2. The van der Waals surface area contributed by atoms with Crippen LogP contribution >= 0.6 is 12.4 Å². The maximum absolute atomic E-state index is 5.46. The van der Waals surface area contributed by atoms with Crippen molar-refractivity contribution in [2.45, 2.75) is 6.42 Å². The van der Waals surface area contributed by atoms with Gasteiger partial charge in [0.25, 0.3) is 0 Å². The van der Waals surface area contributed by atoms with Crippen molar-refractivity contribution in [1.82, 2.24) is 4.98 Å². The predicted molar refractivity (Wildman–Crippen MR) is 61.7 cm³/mol. The molecule has 1 aromatic carbocycles. The molecule has 0 unspecified atom stereocenters. The quantitative estimate of drug-likeness (QED) is 0.822. The highest BCUT2D eigenvalue weighted by Gasteiger charge is 1.95. The van der Waals surface area contributed by atoms with Gasteiger partial charge in [0.2, 0.25) is 0 Å². The summed E-state index contributed by atoms with van der Waals surface area (Å²) in [6, 6.07) is 12.2. The summed E-state index contributed by atoms with van der Waals surface area (Å²) in [5.74, 6) is 0. The van der Waals surface area contributed by atoms with Gasteiger partial charge in [0.15, 0.2) is 0 Å². The van der Waals surface area contributed by atoms with E-state index in [-0.39, 0.29) is 12.4 Å². The van der Waals surface area contributed by atoms with Gasteiger partial charge in [-0.15, -0.1) is 12.4 Å². The first-order valence-electron chi connectivity index (χ1n) is 4.45. The Morgan fingerprint density at radius 3 is 2.64 bits per heavy atom. The second-order valence-corrected chi connectivity index (χ2v) is 3.03. The molecular formula is C11H13ClN2. The van der Waals surface area contributed by atoms with Crippen LogP contribution in [0.2, 0.25) is 0 Å². The lowest BCUT2D eigenvalue weighted by Crippen LogP contribution is -2.04. The Bertz CT molecular complexity index is 415. The summed E-state index contributed by atoms with van der Waals surface area (Å²) in [7, 11) is 0. The molecule has 14 heavy (non-hydrogen) atoms. The average molecular weight is 209 g/mol. The van der Waals surface area contributed by atoms with E-state index in [0.29, 0.717) is 6.54 Å².